The Bertz CT molecular complexity index is 5860. The topological polar surface area (TPSA) is 226 Å². The first-order valence-electron chi connectivity index (χ1n) is 39.8. The largest absolute Gasteiger partial charge is 0.508 e. The first-order chi connectivity index (χ1) is 57.3. The number of aromatic hydroxyl groups is 1. The summed E-state index contributed by atoms with van der Waals surface area (Å²) >= 11 is 0. The quantitative estimate of drug-likeness (QED) is 0.0593. The molecular weight excluding hydrogens is 1500 g/mol. The Labute approximate surface area is 692 Å². The van der Waals surface area contributed by atoms with E-state index in [1.165, 1.54) is 4.68 Å². The van der Waals surface area contributed by atoms with Gasteiger partial charge in [-0.2, -0.15) is 0 Å². The van der Waals surface area contributed by atoms with E-state index in [9.17, 15) is 5.11 Å². The van der Waals surface area contributed by atoms with E-state index in [0.717, 1.165) is 141 Å². The monoisotopic (exact) mass is 1600 g/mol. The Morgan fingerprint density at radius 1 is 0.277 bits per heavy atom. The van der Waals surface area contributed by atoms with Gasteiger partial charge in [0.1, 0.15) is 85.1 Å². The number of benzene rings is 12. The second kappa shape index (κ2) is 37.4. The molecule has 22 nitrogen and oxygen atoms in total. The Kier molecular flexibility index (Phi) is 26.1. The number of phenolic OH excluding ortho intramolecular Hbond substituents is 1. The van der Waals surface area contributed by atoms with Gasteiger partial charge in [0.05, 0.1) is 96.2 Å². The fourth-order valence-corrected chi connectivity index (χ4v) is 13.5. The zero-order valence-corrected chi connectivity index (χ0v) is 70.0. The molecule has 0 aliphatic rings. The van der Waals surface area contributed by atoms with E-state index in [-0.39, 0.29) is 54.3 Å². The number of aryl methyl sites for hydroxylation is 1. The van der Waals surface area contributed by atoms with Crippen molar-refractivity contribution in [3.8, 4) is 125 Å². The number of nitrogens with zero attached hydrogens (tertiary/aromatic N) is 12. The zero-order chi connectivity index (χ0) is 84.1. The maximum atomic E-state index is 15.5. The summed E-state index contributed by atoms with van der Waals surface area (Å²) in [6.07, 6.45) is 0.859. The third kappa shape index (κ3) is 20.2. The molecule has 0 spiro atoms. The minimum absolute atomic E-state index is 0.0837. The molecule has 610 valence electrons. The van der Waals surface area contributed by atoms with Crippen molar-refractivity contribution in [2.45, 2.75) is 147 Å². The second-order valence-electron chi connectivity index (χ2n) is 30.2. The number of aromatic nitrogens is 12. The van der Waals surface area contributed by atoms with Crippen molar-refractivity contribution in [2.24, 2.45) is 0 Å². The number of phenols is 1. The summed E-state index contributed by atoms with van der Waals surface area (Å²) in [5.41, 5.74) is 18.0. The van der Waals surface area contributed by atoms with Crippen LogP contribution < -0.4 is 42.6 Å². The van der Waals surface area contributed by atoms with Crippen LogP contribution >= 0.6 is 0 Å². The van der Waals surface area contributed by atoms with Gasteiger partial charge in [-0.15, -0.1) is 20.4 Å². The van der Waals surface area contributed by atoms with E-state index in [1.54, 1.807) is 43.2 Å². The van der Waals surface area contributed by atoms with Crippen LogP contribution in [0, 0.1) is 12.7 Å². The van der Waals surface area contributed by atoms with Crippen molar-refractivity contribution in [3.63, 3.8) is 0 Å². The van der Waals surface area contributed by atoms with Gasteiger partial charge in [0.15, 0.2) is 5.82 Å². The third-order valence-electron chi connectivity index (χ3n) is 18.5. The molecule has 0 aliphatic carbocycles. The molecule has 0 fully saturated rings. The second-order valence-corrected chi connectivity index (χ2v) is 30.2. The number of hydrogen-bond donors (Lipinski definition) is 1. The number of methoxy groups -OCH3 is 2. The van der Waals surface area contributed by atoms with Gasteiger partial charge < -0.3 is 47.7 Å². The highest BCUT2D eigenvalue weighted by molar-refractivity contribution is 5.90. The van der Waals surface area contributed by atoms with E-state index in [2.05, 4.69) is 72.4 Å². The van der Waals surface area contributed by atoms with Crippen molar-refractivity contribution >= 4 is 44.1 Å². The lowest BCUT2D eigenvalue weighted by Gasteiger charge is -2.13. The molecule has 23 heteroatoms. The first-order valence-corrected chi connectivity index (χ1v) is 39.8. The number of hydrogen-bond acceptors (Lipinski definition) is 18. The normalized spacial score (nSPS) is 11.3. The predicted octanol–water partition coefficient (Wildman–Crippen LogP) is 22.0. The van der Waals surface area contributed by atoms with Crippen LogP contribution in [-0.2, 0) is 0 Å². The fraction of sp³-hybridized carbons (Fsp3) is 0.250. The molecule has 0 unspecified atom stereocenters. The minimum Gasteiger partial charge on any atom is -0.508 e. The highest BCUT2D eigenvalue weighted by atomic mass is 19.1. The maximum Gasteiger partial charge on any atom is 0.159 e. The van der Waals surface area contributed by atoms with Crippen molar-refractivity contribution in [1.29, 1.82) is 0 Å². The zero-order valence-electron chi connectivity index (χ0n) is 70.0. The Balaban J connectivity index is 0.000000137. The van der Waals surface area contributed by atoms with Crippen LogP contribution in [0.3, 0.4) is 0 Å². The van der Waals surface area contributed by atoms with Crippen molar-refractivity contribution in [3.05, 3.63) is 254 Å². The summed E-state index contributed by atoms with van der Waals surface area (Å²) in [6.45, 7) is 30.1. The molecule has 0 aliphatic heterocycles. The van der Waals surface area contributed by atoms with Crippen LogP contribution in [0.15, 0.2) is 243 Å². The Morgan fingerprint density at radius 2 is 0.529 bits per heavy atom. The van der Waals surface area contributed by atoms with Crippen LogP contribution in [0.25, 0.3) is 111 Å². The van der Waals surface area contributed by atoms with Gasteiger partial charge in [-0.3, -0.25) is 0 Å². The van der Waals surface area contributed by atoms with Crippen LogP contribution in [0.4, 0.5) is 4.39 Å². The van der Waals surface area contributed by atoms with Gasteiger partial charge in [0.25, 0.3) is 0 Å². The van der Waals surface area contributed by atoms with Crippen molar-refractivity contribution < 1.29 is 52.1 Å². The molecule has 0 radical (unpaired) electrons. The average molecular weight is 1600 g/mol. The lowest BCUT2D eigenvalue weighted by molar-refractivity contribution is 0.242. The molecule has 0 saturated heterocycles. The van der Waals surface area contributed by atoms with Gasteiger partial charge >= 0.3 is 0 Å². The molecule has 0 saturated carbocycles. The van der Waals surface area contributed by atoms with Crippen LogP contribution in [0.2, 0.25) is 0 Å². The van der Waals surface area contributed by atoms with E-state index in [4.69, 9.17) is 42.6 Å². The summed E-state index contributed by atoms with van der Waals surface area (Å²) in [5.74, 6) is 7.02. The summed E-state index contributed by atoms with van der Waals surface area (Å²) in [6, 6.07) is 77.1. The molecule has 16 rings (SSSR count). The summed E-state index contributed by atoms with van der Waals surface area (Å²) < 4.78 is 73.9. The summed E-state index contributed by atoms with van der Waals surface area (Å²) in [4.78, 5) is 0. The van der Waals surface area contributed by atoms with E-state index in [1.807, 2.05) is 300 Å². The molecule has 16 aromatic rings. The molecule has 119 heavy (non-hydrogen) atoms. The Morgan fingerprint density at radius 3 is 0.849 bits per heavy atom. The molecule has 4 aromatic heterocycles. The third-order valence-corrected chi connectivity index (χ3v) is 18.5. The molecule has 1 N–H and O–H groups in total. The smallest absolute Gasteiger partial charge is 0.159 e. The number of ether oxygens (including phenoxy) is 9. The molecule has 12 aromatic carbocycles. The van der Waals surface area contributed by atoms with Crippen LogP contribution in [0.1, 0.15) is 102 Å². The lowest BCUT2D eigenvalue weighted by atomic mass is 9.99. The van der Waals surface area contributed by atoms with Gasteiger partial charge in [0.2, 0.25) is 0 Å². The van der Waals surface area contributed by atoms with E-state index >= 15 is 4.39 Å². The lowest BCUT2D eigenvalue weighted by Crippen LogP contribution is -2.05. The number of halogens is 1. The van der Waals surface area contributed by atoms with Crippen LogP contribution in [0.5, 0.6) is 57.5 Å². The summed E-state index contributed by atoms with van der Waals surface area (Å²) in [7, 11) is 3.29. The molecule has 4 heterocycles. The van der Waals surface area contributed by atoms with Gasteiger partial charge in [-0.1, -0.05) is 75.5 Å². The highest BCUT2D eigenvalue weighted by Gasteiger charge is 2.21. The highest BCUT2D eigenvalue weighted by Crippen LogP contribution is 2.39. The SMILES string of the molecule is CC(C)Oc1ccc(-c2ccc3nnn(-c4ccc(OC(C)C)cc4)c3c2F)cc1.COc1cc2nnn(-c3ccc(OC(C)C)cc3)c2cc1-c1ccc(O)cc1.COc1cc2nnn(-c3ccc(OC(C)C)cc3)c2cc1-c1ccc(OC(C)C)cc1.Cc1c(-c2ccc(OC(C)C)cc2)ccc2nnn(-c3ccc(OC(C)C)cc3)c12. The summed E-state index contributed by atoms with van der Waals surface area (Å²) in [5, 5.41) is 43.9. The van der Waals surface area contributed by atoms with Gasteiger partial charge in [-0.25, -0.2) is 23.1 Å². The van der Waals surface area contributed by atoms with Crippen molar-refractivity contribution in [2.75, 3.05) is 14.2 Å². The average Bonchev–Trinajstić information content (AvgIpc) is 1.69. The van der Waals surface area contributed by atoms with Crippen LogP contribution in [-0.4, -0.2) is 122 Å². The molecular formula is C96H99FN12O10. The Hall–Kier alpha value is -13.8. The first kappa shape index (κ1) is 83.1. The maximum absolute atomic E-state index is 15.5. The number of fused-ring (bicyclic) bond motifs is 4. The van der Waals surface area contributed by atoms with Gasteiger partial charge in [0, 0.05) is 28.8 Å². The van der Waals surface area contributed by atoms with Gasteiger partial charge in [-0.05, 0) is 313 Å². The molecule has 0 amide bonds. The molecule has 0 atom stereocenters. The standard InChI is InChI=1S/C25H27N3O3.C25H27N3O2.C24H24FN3O2.C22H21N3O3/c1-16(2)30-20-10-6-18(7-11-20)22-14-24-23(15-25(22)29-5)26-27-28(24)19-8-12-21(13-9-19)31-17(3)4;1-16(2)29-21-10-6-19(7-11-21)23-14-15-24-25(18(23)5)28(27-26-24)20-8-12-22(13-9-20)30-17(3)4;1-15(2)29-19-9-5-17(6-10-19)21-13-14-22-24(23(21)25)28(27-26-22)18-7-11-20(12-8-18)30-16(3)4;1-14(2)28-18-10-6-16(7-11-18)25-21-12-19(15-4-8-17(26)9-5-15)22(27-3)13-20(21)23-24-25/h6-17H,1-5H3;6-17H,1-5H3;5-16H,1-4H3;4-14,26H,1-3H3. The van der Waals surface area contributed by atoms with E-state index < -0.39 is 0 Å². The van der Waals surface area contributed by atoms with E-state index in [0.29, 0.717) is 28.0 Å². The van der Waals surface area contributed by atoms with Crippen molar-refractivity contribution in [1.82, 2.24) is 60.0 Å². The predicted molar refractivity (Wildman–Crippen MR) is 467 cm³/mol. The number of rotatable bonds is 24. The molecule has 0 bridgehead atoms. The fourth-order valence-electron chi connectivity index (χ4n) is 13.5. The minimum atomic E-state index is -0.363.